The smallest absolute Gasteiger partial charge is 0.322 e. The van der Waals surface area contributed by atoms with Gasteiger partial charge in [0.25, 0.3) is 5.91 Å². The minimum Gasteiger partial charge on any atom is -0.455 e. The van der Waals surface area contributed by atoms with Crippen LogP contribution in [0.25, 0.3) is 11.5 Å². The fourth-order valence-electron chi connectivity index (χ4n) is 2.04. The minimum absolute atomic E-state index is 0.0865. The second-order valence-electron chi connectivity index (χ2n) is 5.62. The van der Waals surface area contributed by atoms with E-state index in [1.807, 2.05) is 18.2 Å². The first kappa shape index (κ1) is 16.7. The molecule has 1 aliphatic carbocycles. The zero-order valence-corrected chi connectivity index (χ0v) is 14.1. The van der Waals surface area contributed by atoms with Crippen LogP contribution in [0.3, 0.4) is 0 Å². The summed E-state index contributed by atoms with van der Waals surface area (Å²) >= 11 is 11.8. The lowest BCUT2D eigenvalue weighted by Crippen LogP contribution is -2.26. The average Bonchev–Trinajstić information content (AvgIpc) is 2.89. The van der Waals surface area contributed by atoms with Crippen molar-refractivity contribution in [3.63, 3.8) is 0 Å². The lowest BCUT2D eigenvalue weighted by molar-refractivity contribution is -0.152. The maximum absolute atomic E-state index is 11.9. The fourth-order valence-corrected chi connectivity index (χ4v) is 2.73. The summed E-state index contributed by atoms with van der Waals surface area (Å²) < 4.78 is 9.10. The minimum atomic E-state index is -1.14. The summed E-state index contributed by atoms with van der Waals surface area (Å²) in [6, 6.07) is 9.00. The van der Waals surface area contributed by atoms with E-state index >= 15 is 0 Å². The molecule has 1 N–H and O–H groups in total. The molecule has 0 spiro atoms. The SMILES string of the molecule is C[C@@]1(C(=O)OCC(=O)Nc2nnc(-c3ccccc3)o2)CC1(Cl)Cl. The maximum Gasteiger partial charge on any atom is 0.322 e. The first-order valence-corrected chi connectivity index (χ1v) is 7.81. The predicted molar refractivity (Wildman–Crippen MR) is 86.5 cm³/mol. The Hall–Kier alpha value is -2.12. The summed E-state index contributed by atoms with van der Waals surface area (Å²) in [4.78, 5) is 23.7. The van der Waals surface area contributed by atoms with Gasteiger partial charge in [0.15, 0.2) is 6.61 Å². The molecular weight excluding hydrogens is 357 g/mol. The second-order valence-corrected chi connectivity index (χ2v) is 7.10. The summed E-state index contributed by atoms with van der Waals surface area (Å²) in [6.07, 6.45) is 0.285. The summed E-state index contributed by atoms with van der Waals surface area (Å²) in [7, 11) is 0. The molecule has 9 heteroatoms. The molecule has 1 amide bonds. The Morgan fingerprint density at radius 2 is 1.96 bits per heavy atom. The van der Waals surface area contributed by atoms with Gasteiger partial charge in [-0.2, -0.15) is 0 Å². The first-order chi connectivity index (χ1) is 11.3. The average molecular weight is 370 g/mol. The molecule has 0 unspecified atom stereocenters. The van der Waals surface area contributed by atoms with E-state index in [1.54, 1.807) is 19.1 Å². The molecular formula is C15H13Cl2N3O4. The highest BCUT2D eigenvalue weighted by molar-refractivity contribution is 6.53. The van der Waals surface area contributed by atoms with Gasteiger partial charge in [-0.05, 0) is 19.1 Å². The molecule has 1 heterocycles. The quantitative estimate of drug-likeness (QED) is 0.643. The highest BCUT2D eigenvalue weighted by Crippen LogP contribution is 2.64. The van der Waals surface area contributed by atoms with E-state index < -0.39 is 28.2 Å². The van der Waals surface area contributed by atoms with E-state index in [9.17, 15) is 9.59 Å². The molecule has 0 saturated heterocycles. The Morgan fingerprint density at radius 1 is 1.29 bits per heavy atom. The van der Waals surface area contributed by atoms with Crippen LogP contribution in [0.2, 0.25) is 0 Å². The molecule has 1 atom stereocenters. The van der Waals surface area contributed by atoms with Crippen molar-refractivity contribution in [3.05, 3.63) is 30.3 Å². The number of alkyl halides is 2. The van der Waals surface area contributed by atoms with Gasteiger partial charge in [0, 0.05) is 12.0 Å². The molecule has 2 aromatic rings. The van der Waals surface area contributed by atoms with Gasteiger partial charge in [-0.1, -0.05) is 23.3 Å². The third kappa shape index (κ3) is 3.22. The van der Waals surface area contributed by atoms with Crippen LogP contribution in [0.1, 0.15) is 13.3 Å². The third-order valence-electron chi connectivity index (χ3n) is 3.73. The van der Waals surface area contributed by atoms with Crippen molar-refractivity contribution in [2.75, 3.05) is 11.9 Å². The van der Waals surface area contributed by atoms with Crippen molar-refractivity contribution in [2.24, 2.45) is 5.41 Å². The zero-order chi connectivity index (χ0) is 17.4. The summed E-state index contributed by atoms with van der Waals surface area (Å²) in [5, 5.41) is 9.90. The molecule has 24 heavy (non-hydrogen) atoms. The van der Waals surface area contributed by atoms with Crippen LogP contribution in [0.15, 0.2) is 34.7 Å². The number of hydrogen-bond acceptors (Lipinski definition) is 6. The Bertz CT molecular complexity index is 778. The standard InChI is InChI=1S/C15H13Cl2N3O4/c1-14(8-15(14,16)17)12(22)23-7-10(21)18-13-20-19-11(24-13)9-5-3-2-4-6-9/h2-6H,7-8H2,1H3,(H,18,20,21)/t14-/m0/s1. The van der Waals surface area contributed by atoms with Crippen molar-refractivity contribution in [1.29, 1.82) is 0 Å². The largest absolute Gasteiger partial charge is 0.455 e. The molecule has 0 aliphatic heterocycles. The van der Waals surface area contributed by atoms with Crippen LogP contribution in [-0.2, 0) is 14.3 Å². The van der Waals surface area contributed by atoms with Gasteiger partial charge in [0.2, 0.25) is 5.89 Å². The molecule has 126 valence electrons. The molecule has 3 rings (SSSR count). The predicted octanol–water partition coefficient (Wildman–Crippen LogP) is 2.80. The van der Waals surface area contributed by atoms with Gasteiger partial charge in [-0.15, -0.1) is 28.3 Å². The number of ether oxygens (including phenoxy) is 1. The van der Waals surface area contributed by atoms with Crippen LogP contribution < -0.4 is 5.32 Å². The zero-order valence-electron chi connectivity index (χ0n) is 12.6. The van der Waals surface area contributed by atoms with Crippen LogP contribution in [0.4, 0.5) is 6.01 Å². The second kappa shape index (κ2) is 6.07. The third-order valence-corrected chi connectivity index (χ3v) is 4.84. The summed E-state index contributed by atoms with van der Waals surface area (Å²) in [5.74, 6) is -0.966. The van der Waals surface area contributed by atoms with E-state index in [-0.39, 0.29) is 18.3 Å². The molecule has 1 fully saturated rings. The van der Waals surface area contributed by atoms with Crippen molar-refractivity contribution in [3.8, 4) is 11.5 Å². The first-order valence-electron chi connectivity index (χ1n) is 7.06. The molecule has 0 radical (unpaired) electrons. The lowest BCUT2D eigenvalue weighted by atomic mass is 10.1. The van der Waals surface area contributed by atoms with Gasteiger partial charge in [0.1, 0.15) is 9.75 Å². The topological polar surface area (TPSA) is 94.3 Å². The Morgan fingerprint density at radius 3 is 2.58 bits per heavy atom. The molecule has 7 nitrogen and oxygen atoms in total. The number of aromatic nitrogens is 2. The number of hydrogen-bond donors (Lipinski definition) is 1. The molecule has 0 bridgehead atoms. The fraction of sp³-hybridized carbons (Fsp3) is 0.333. The van der Waals surface area contributed by atoms with Crippen molar-refractivity contribution >= 4 is 41.1 Å². The van der Waals surface area contributed by atoms with E-state index in [0.29, 0.717) is 0 Å². The number of amides is 1. The summed E-state index contributed by atoms with van der Waals surface area (Å²) in [5.41, 5.74) is -0.263. The number of nitrogens with zero attached hydrogens (tertiary/aromatic N) is 2. The highest BCUT2D eigenvalue weighted by Gasteiger charge is 2.69. The Balaban J connectivity index is 1.53. The van der Waals surface area contributed by atoms with E-state index in [4.69, 9.17) is 32.4 Å². The number of carbonyl (C=O) groups is 2. The van der Waals surface area contributed by atoms with Gasteiger partial charge in [-0.3, -0.25) is 14.9 Å². The number of nitrogens with one attached hydrogen (secondary N) is 1. The molecule has 1 aliphatic rings. The molecule has 1 aromatic heterocycles. The Labute approximate surface area is 147 Å². The van der Waals surface area contributed by atoms with Crippen molar-refractivity contribution in [2.45, 2.75) is 17.7 Å². The number of benzene rings is 1. The van der Waals surface area contributed by atoms with Crippen LogP contribution >= 0.6 is 23.2 Å². The normalized spacial score (nSPS) is 21.1. The van der Waals surface area contributed by atoms with Crippen molar-refractivity contribution < 1.29 is 18.7 Å². The molecule has 1 saturated carbocycles. The van der Waals surface area contributed by atoms with Crippen LogP contribution in [-0.4, -0.2) is 33.0 Å². The van der Waals surface area contributed by atoms with Crippen molar-refractivity contribution in [1.82, 2.24) is 10.2 Å². The number of carbonyl (C=O) groups excluding carboxylic acids is 2. The number of anilines is 1. The maximum atomic E-state index is 11.9. The van der Waals surface area contributed by atoms with Gasteiger partial charge in [0.05, 0.1) is 0 Å². The highest BCUT2D eigenvalue weighted by atomic mass is 35.5. The number of rotatable bonds is 5. The van der Waals surface area contributed by atoms with E-state index in [0.717, 1.165) is 5.56 Å². The van der Waals surface area contributed by atoms with E-state index in [2.05, 4.69) is 15.5 Å². The van der Waals surface area contributed by atoms with Gasteiger partial charge >= 0.3 is 12.0 Å². The Kier molecular flexibility index (Phi) is 4.23. The monoisotopic (exact) mass is 369 g/mol. The van der Waals surface area contributed by atoms with Crippen LogP contribution in [0, 0.1) is 5.41 Å². The van der Waals surface area contributed by atoms with Gasteiger partial charge in [-0.25, -0.2) is 0 Å². The number of esters is 1. The number of halogens is 2. The summed E-state index contributed by atoms with van der Waals surface area (Å²) in [6.45, 7) is 1.08. The molecule has 1 aromatic carbocycles. The van der Waals surface area contributed by atoms with Gasteiger partial charge < -0.3 is 9.15 Å². The van der Waals surface area contributed by atoms with Crippen LogP contribution in [0.5, 0.6) is 0 Å². The lowest BCUT2D eigenvalue weighted by Gasteiger charge is -2.10. The van der Waals surface area contributed by atoms with E-state index in [1.165, 1.54) is 0 Å².